The van der Waals surface area contributed by atoms with Gasteiger partial charge in [-0.3, -0.25) is 6.08 Å². The molecular weight excluding hydrogens is 834 g/mol. The summed E-state index contributed by atoms with van der Waals surface area (Å²) in [6.45, 7) is 8.99. The minimum Gasteiger partial charge on any atom is -1.00 e. The maximum Gasteiger partial charge on any atom is -0.0181 e. The number of hydrogen-bond donors (Lipinski definition) is 0. The van der Waals surface area contributed by atoms with Crippen LogP contribution in [0.5, 0.6) is 0 Å². The summed E-state index contributed by atoms with van der Waals surface area (Å²) in [6.07, 6.45) is 11.4. The third-order valence-electron chi connectivity index (χ3n) is 9.51. The van der Waals surface area contributed by atoms with E-state index >= 15 is 0 Å². The molecule has 2 aliphatic carbocycles. The van der Waals surface area contributed by atoms with Crippen molar-refractivity contribution < 1.29 is 49.0 Å². The molecule has 0 spiro atoms. The van der Waals surface area contributed by atoms with E-state index in [4.69, 9.17) is 23.2 Å². The molecule has 0 fully saturated rings. The largest absolute Gasteiger partial charge is 1.00 e. The smallest absolute Gasteiger partial charge is 0.0181 e. The van der Waals surface area contributed by atoms with Crippen LogP contribution < -0.4 is 24.8 Å². The van der Waals surface area contributed by atoms with Crippen molar-refractivity contribution >= 4 is 26.4 Å². The minimum absolute atomic E-state index is 0. The predicted octanol–water partition coefficient (Wildman–Crippen LogP) is 8.26. The van der Waals surface area contributed by atoms with E-state index in [1.165, 1.54) is 90.4 Å². The van der Waals surface area contributed by atoms with Gasteiger partial charge in [0.05, 0.1) is 0 Å². The summed E-state index contributed by atoms with van der Waals surface area (Å²) in [5, 5.41) is 1.53. The molecule has 0 bridgehead atoms. The average Bonchev–Trinajstić information content (AvgIpc) is 3.80. The van der Waals surface area contributed by atoms with Crippen LogP contribution in [0.3, 0.4) is 0 Å². The predicted molar refractivity (Wildman–Crippen MR) is 224 cm³/mol. The fourth-order valence-electron chi connectivity index (χ4n) is 6.63. The molecule has 0 heterocycles. The topological polar surface area (TPSA) is 0 Å². The third-order valence-corrected chi connectivity index (χ3v) is 11.4. The Morgan fingerprint density at radius 2 is 1.25 bits per heavy atom. The molecule has 0 nitrogen and oxygen atoms in total. The molecule has 0 radical (unpaired) electrons. The molecule has 8 rings (SSSR count). The number of rotatable bonds is 6. The van der Waals surface area contributed by atoms with E-state index in [1.807, 2.05) is 36.4 Å². The molecule has 0 aliphatic heterocycles. The fraction of sp³-hybridized carbons (Fsp3) is 0.180. The normalized spacial score (nSPS) is 13.4. The van der Waals surface area contributed by atoms with Gasteiger partial charge in [0.2, 0.25) is 0 Å². The van der Waals surface area contributed by atoms with E-state index in [2.05, 4.69) is 155 Å². The summed E-state index contributed by atoms with van der Waals surface area (Å²) < 4.78 is 1.26. The molecule has 55 heavy (non-hydrogen) atoms. The first-order valence-electron chi connectivity index (χ1n) is 18.3. The first kappa shape index (κ1) is 44.4. The number of benzene rings is 6. The zero-order valence-corrected chi connectivity index (χ0v) is 37.1. The summed E-state index contributed by atoms with van der Waals surface area (Å²) in [6, 6.07) is 51.8. The van der Waals surface area contributed by atoms with Crippen molar-refractivity contribution in [1.29, 1.82) is 0 Å². The van der Waals surface area contributed by atoms with Crippen molar-refractivity contribution in [2.75, 3.05) is 0 Å². The van der Waals surface area contributed by atoms with Gasteiger partial charge < -0.3 is 24.8 Å². The van der Waals surface area contributed by atoms with Crippen LogP contribution in [0.4, 0.5) is 0 Å². The Hall–Kier alpha value is -3.29. The number of fused-ring (bicyclic) bond motifs is 3. The van der Waals surface area contributed by atoms with Gasteiger partial charge in [0.1, 0.15) is 0 Å². The molecule has 0 saturated heterocycles. The first-order valence-corrected chi connectivity index (χ1v) is 20.3. The standard InChI is InChI=1S/C25H17.C13H8Cl2.C12H19.2ClH.Zr/c1-3-7-18(8-4-1)20-11-13-24-22(15-20)17-23-16-21(12-14-25(23)24)19-9-5-2-6-10-19;14-12-5-1-3-10(8-12)7-11-4-2-6-13(15)9-11;1-5-6-10-7-8-11(9-10)12(2,3)4;;;/h1-15H,17H2;1-6,8-9H;8-10H,5-6H2,1-4H3;2*1H;/q-1;;-1;;;+2/p-2. The van der Waals surface area contributed by atoms with Crippen LogP contribution in [-0.2, 0) is 30.7 Å². The molecule has 2 aliphatic rings. The number of allylic oxidation sites excluding steroid dienone is 4. The van der Waals surface area contributed by atoms with Crippen LogP contribution >= 0.6 is 23.2 Å². The zero-order chi connectivity index (χ0) is 37.4. The molecule has 1 unspecified atom stereocenters. The van der Waals surface area contributed by atoms with Gasteiger partial charge in [-0.2, -0.15) is 11.6 Å². The number of hydrogen-bond acceptors (Lipinski definition) is 0. The van der Waals surface area contributed by atoms with Gasteiger partial charge in [0.15, 0.2) is 0 Å². The van der Waals surface area contributed by atoms with Crippen molar-refractivity contribution in [3.05, 3.63) is 202 Å². The molecule has 6 aromatic carbocycles. The van der Waals surface area contributed by atoms with Crippen molar-refractivity contribution in [2.24, 2.45) is 11.3 Å². The maximum absolute atomic E-state index is 5.98. The van der Waals surface area contributed by atoms with Gasteiger partial charge in [-0.15, -0.1) is 29.3 Å². The van der Waals surface area contributed by atoms with E-state index < -0.39 is 0 Å². The van der Waals surface area contributed by atoms with E-state index in [9.17, 15) is 0 Å². The Morgan fingerprint density at radius 3 is 1.80 bits per heavy atom. The van der Waals surface area contributed by atoms with Crippen molar-refractivity contribution in [2.45, 2.75) is 47.0 Å². The SMILES string of the molecule is CCCC1[C-]=CC(C(C)(C)C)=C1.Clc1cccc([C](=[Zr+2])c2cccc(Cl)c2)c1.[Cl-].[Cl-].[c-]1c(-c2ccccc2)ccc2c1Cc1cc(-c3ccccc3)ccc1-2. The number of halogens is 4. The monoisotopic (exact) mass is 874 g/mol. The second-order valence-corrected chi connectivity index (χ2v) is 16.6. The van der Waals surface area contributed by atoms with Crippen LogP contribution in [0.2, 0.25) is 10.0 Å². The fourth-order valence-corrected chi connectivity index (χ4v) is 7.77. The second kappa shape index (κ2) is 20.8. The maximum atomic E-state index is 5.98. The Kier molecular flexibility index (Phi) is 16.8. The molecule has 0 amide bonds. The van der Waals surface area contributed by atoms with Gasteiger partial charge in [-0.1, -0.05) is 147 Å². The van der Waals surface area contributed by atoms with Crippen LogP contribution in [0.15, 0.2) is 157 Å². The Morgan fingerprint density at radius 1 is 0.673 bits per heavy atom. The second-order valence-electron chi connectivity index (χ2n) is 14.5. The third kappa shape index (κ3) is 11.9. The Bertz CT molecular complexity index is 2110. The molecule has 0 N–H and O–H groups in total. The molecule has 0 saturated carbocycles. The zero-order valence-electron chi connectivity index (χ0n) is 31.6. The van der Waals surface area contributed by atoms with E-state index in [-0.39, 0.29) is 24.8 Å². The van der Waals surface area contributed by atoms with Gasteiger partial charge in [-0.05, 0) is 23.1 Å². The summed E-state index contributed by atoms with van der Waals surface area (Å²) >= 11 is 13.3. The van der Waals surface area contributed by atoms with E-state index in [1.54, 1.807) is 0 Å². The van der Waals surface area contributed by atoms with Gasteiger partial charge in [0, 0.05) is 0 Å². The summed E-state index contributed by atoms with van der Waals surface area (Å²) in [5.74, 6) is 0.587. The molecule has 5 heteroatoms. The van der Waals surface area contributed by atoms with Gasteiger partial charge in [0.25, 0.3) is 0 Å². The molecule has 0 aromatic heterocycles. The van der Waals surface area contributed by atoms with Crippen molar-refractivity contribution in [3.8, 4) is 33.4 Å². The minimum atomic E-state index is 0. The van der Waals surface area contributed by atoms with Crippen LogP contribution in [0.1, 0.15) is 62.8 Å². The van der Waals surface area contributed by atoms with E-state index in [0.717, 1.165) is 27.6 Å². The van der Waals surface area contributed by atoms with Crippen LogP contribution in [0, 0.1) is 23.5 Å². The summed E-state index contributed by atoms with van der Waals surface area (Å²) in [7, 11) is 0. The molecule has 6 aromatic rings. The van der Waals surface area contributed by atoms with Crippen LogP contribution in [-0.4, -0.2) is 3.21 Å². The summed E-state index contributed by atoms with van der Waals surface area (Å²) in [4.78, 5) is 0. The molecular formula is C50H44Cl4Zr-2. The van der Waals surface area contributed by atoms with Gasteiger partial charge in [-0.25, -0.2) is 6.08 Å². The average molecular weight is 878 g/mol. The van der Waals surface area contributed by atoms with E-state index in [0.29, 0.717) is 11.3 Å². The Balaban J connectivity index is 0.000000195. The Labute approximate surface area is 365 Å². The first-order chi connectivity index (χ1) is 25.6. The summed E-state index contributed by atoms with van der Waals surface area (Å²) in [5.41, 5.74) is 14.4. The molecule has 278 valence electrons. The van der Waals surface area contributed by atoms with Crippen LogP contribution in [0.25, 0.3) is 33.4 Å². The quantitative estimate of drug-likeness (QED) is 0.148. The van der Waals surface area contributed by atoms with Gasteiger partial charge >= 0.3 is 120 Å². The van der Waals surface area contributed by atoms with Crippen molar-refractivity contribution in [3.63, 3.8) is 0 Å². The molecule has 1 atom stereocenters. The van der Waals surface area contributed by atoms with Crippen molar-refractivity contribution in [1.82, 2.24) is 0 Å².